The lowest BCUT2D eigenvalue weighted by atomic mass is 10.1. The summed E-state index contributed by atoms with van der Waals surface area (Å²) in [5.74, 6) is 1.50. The molecule has 0 aliphatic carbocycles. The molecule has 0 radical (unpaired) electrons. The van der Waals surface area contributed by atoms with E-state index in [9.17, 15) is 4.79 Å². The van der Waals surface area contributed by atoms with Crippen LogP contribution in [0, 0.1) is 6.92 Å². The molecule has 3 rings (SSSR count). The summed E-state index contributed by atoms with van der Waals surface area (Å²) in [6.07, 6.45) is 0.0729. The molecule has 0 aliphatic rings. The second-order valence-electron chi connectivity index (χ2n) is 5.67. The zero-order valence-corrected chi connectivity index (χ0v) is 15.0. The standard InChI is InChI=1S/C19H20N2O3S/c1-13-8-9-16(24-13)19-21-15(12-25-19)10-18(22)20-11-17(23-2)14-6-4-3-5-7-14/h3-9,12,17H,10-11H2,1-2H3,(H,20,22). The third-order valence-electron chi connectivity index (χ3n) is 3.79. The number of furan rings is 1. The van der Waals surface area contributed by atoms with Gasteiger partial charge < -0.3 is 14.5 Å². The predicted octanol–water partition coefficient (Wildman–Crippen LogP) is 3.76. The monoisotopic (exact) mass is 356 g/mol. The fourth-order valence-electron chi connectivity index (χ4n) is 2.49. The van der Waals surface area contributed by atoms with Crippen LogP contribution < -0.4 is 5.32 Å². The number of benzene rings is 1. The van der Waals surface area contributed by atoms with Crippen molar-refractivity contribution in [1.82, 2.24) is 10.3 Å². The van der Waals surface area contributed by atoms with Crippen LogP contribution in [-0.4, -0.2) is 24.5 Å². The number of nitrogens with zero attached hydrogens (tertiary/aromatic N) is 1. The SMILES string of the molecule is COC(CNC(=O)Cc1csc(-c2ccc(C)o2)n1)c1ccccc1. The van der Waals surface area contributed by atoms with Crippen molar-refractivity contribution in [2.45, 2.75) is 19.4 Å². The molecule has 6 heteroatoms. The number of rotatable bonds is 7. The van der Waals surface area contributed by atoms with Crippen LogP contribution in [0.2, 0.25) is 0 Å². The van der Waals surface area contributed by atoms with E-state index in [-0.39, 0.29) is 18.4 Å². The number of carbonyl (C=O) groups excluding carboxylic acids is 1. The Morgan fingerprint density at radius 3 is 2.76 bits per heavy atom. The van der Waals surface area contributed by atoms with Crippen LogP contribution in [0.25, 0.3) is 10.8 Å². The highest BCUT2D eigenvalue weighted by Crippen LogP contribution is 2.25. The number of ether oxygens (including phenoxy) is 1. The van der Waals surface area contributed by atoms with Gasteiger partial charge in [-0.05, 0) is 24.6 Å². The van der Waals surface area contributed by atoms with Crippen LogP contribution in [0.5, 0.6) is 0 Å². The predicted molar refractivity (Wildman–Crippen MR) is 97.5 cm³/mol. The molecule has 0 saturated heterocycles. The van der Waals surface area contributed by atoms with Crippen LogP contribution in [0.4, 0.5) is 0 Å². The van der Waals surface area contributed by atoms with E-state index in [4.69, 9.17) is 9.15 Å². The lowest BCUT2D eigenvalue weighted by Gasteiger charge is -2.16. The summed E-state index contributed by atoms with van der Waals surface area (Å²) in [6.45, 7) is 2.32. The van der Waals surface area contributed by atoms with Crippen molar-refractivity contribution in [2.24, 2.45) is 0 Å². The number of thiazole rings is 1. The van der Waals surface area contributed by atoms with E-state index in [1.54, 1.807) is 7.11 Å². The third-order valence-corrected chi connectivity index (χ3v) is 4.69. The first kappa shape index (κ1) is 17.4. The van der Waals surface area contributed by atoms with E-state index in [1.165, 1.54) is 11.3 Å². The summed E-state index contributed by atoms with van der Waals surface area (Å²) in [5.41, 5.74) is 1.77. The number of methoxy groups -OCH3 is 1. The van der Waals surface area contributed by atoms with Gasteiger partial charge in [-0.25, -0.2) is 4.98 Å². The first-order chi connectivity index (χ1) is 12.2. The third kappa shape index (κ3) is 4.55. The van der Waals surface area contributed by atoms with Crippen LogP contribution in [0.15, 0.2) is 52.3 Å². The minimum Gasteiger partial charge on any atom is -0.459 e. The van der Waals surface area contributed by atoms with E-state index in [0.717, 1.165) is 27.8 Å². The number of hydrogen-bond acceptors (Lipinski definition) is 5. The highest BCUT2D eigenvalue weighted by atomic mass is 32.1. The second kappa shape index (κ2) is 8.09. The number of aryl methyl sites for hydroxylation is 1. The number of amides is 1. The van der Waals surface area contributed by atoms with Gasteiger partial charge in [0.1, 0.15) is 5.76 Å². The molecule has 25 heavy (non-hydrogen) atoms. The Morgan fingerprint density at radius 2 is 2.08 bits per heavy atom. The Hall–Kier alpha value is -2.44. The molecule has 5 nitrogen and oxygen atoms in total. The van der Waals surface area contributed by atoms with Gasteiger partial charge in [-0.15, -0.1) is 11.3 Å². The number of aromatic nitrogens is 1. The summed E-state index contributed by atoms with van der Waals surface area (Å²) in [4.78, 5) is 16.7. The molecule has 0 saturated carbocycles. The van der Waals surface area contributed by atoms with Crippen molar-refractivity contribution in [2.75, 3.05) is 13.7 Å². The largest absolute Gasteiger partial charge is 0.459 e. The summed E-state index contributed by atoms with van der Waals surface area (Å²) >= 11 is 1.47. The molecule has 0 spiro atoms. The molecule has 1 N–H and O–H groups in total. The van der Waals surface area contributed by atoms with Gasteiger partial charge in [0.25, 0.3) is 0 Å². The Kier molecular flexibility index (Phi) is 5.63. The van der Waals surface area contributed by atoms with Crippen LogP contribution in [-0.2, 0) is 16.0 Å². The highest BCUT2D eigenvalue weighted by Gasteiger charge is 2.14. The zero-order chi connectivity index (χ0) is 17.6. The molecule has 3 aromatic rings. The van der Waals surface area contributed by atoms with Gasteiger partial charge in [0.05, 0.1) is 18.2 Å². The van der Waals surface area contributed by atoms with Gasteiger partial charge in [-0.1, -0.05) is 30.3 Å². The smallest absolute Gasteiger partial charge is 0.226 e. The molecule has 0 aliphatic heterocycles. The average Bonchev–Trinajstić information content (AvgIpc) is 3.25. The molecular weight excluding hydrogens is 336 g/mol. The van der Waals surface area contributed by atoms with E-state index in [2.05, 4.69) is 10.3 Å². The molecule has 0 fully saturated rings. The van der Waals surface area contributed by atoms with Crippen molar-refractivity contribution < 1.29 is 13.9 Å². The molecule has 1 aromatic carbocycles. The van der Waals surface area contributed by atoms with Gasteiger partial charge in [-0.2, -0.15) is 0 Å². The van der Waals surface area contributed by atoms with E-state index >= 15 is 0 Å². The van der Waals surface area contributed by atoms with Gasteiger partial charge in [0.2, 0.25) is 5.91 Å². The summed E-state index contributed by atoms with van der Waals surface area (Å²) in [7, 11) is 1.64. The van der Waals surface area contributed by atoms with Gasteiger partial charge in [0.15, 0.2) is 10.8 Å². The molecule has 130 valence electrons. The van der Waals surface area contributed by atoms with Crippen molar-refractivity contribution in [3.8, 4) is 10.8 Å². The van der Waals surface area contributed by atoms with Crippen molar-refractivity contribution >= 4 is 17.2 Å². The molecule has 1 unspecified atom stereocenters. The molecule has 1 atom stereocenters. The molecule has 2 heterocycles. The summed E-state index contributed by atoms with van der Waals surface area (Å²) in [5, 5.41) is 5.58. The number of carbonyl (C=O) groups is 1. The first-order valence-corrected chi connectivity index (χ1v) is 8.89. The van der Waals surface area contributed by atoms with Crippen LogP contribution in [0.3, 0.4) is 0 Å². The molecule has 2 aromatic heterocycles. The minimum atomic E-state index is -0.165. The van der Waals surface area contributed by atoms with E-state index in [1.807, 2.05) is 54.8 Å². The lowest BCUT2D eigenvalue weighted by Crippen LogP contribution is -2.30. The maximum absolute atomic E-state index is 12.2. The Bertz CT molecular complexity index is 826. The lowest BCUT2D eigenvalue weighted by molar-refractivity contribution is -0.121. The maximum atomic E-state index is 12.2. The second-order valence-corrected chi connectivity index (χ2v) is 6.53. The van der Waals surface area contributed by atoms with Crippen LogP contribution in [0.1, 0.15) is 23.1 Å². The van der Waals surface area contributed by atoms with Crippen molar-refractivity contribution in [3.63, 3.8) is 0 Å². The Labute approximate surface area is 150 Å². The summed E-state index contributed by atoms with van der Waals surface area (Å²) in [6, 6.07) is 13.6. The zero-order valence-electron chi connectivity index (χ0n) is 14.2. The Morgan fingerprint density at radius 1 is 1.28 bits per heavy atom. The molecule has 1 amide bonds. The fraction of sp³-hybridized carbons (Fsp3) is 0.263. The molecular formula is C19H20N2O3S. The van der Waals surface area contributed by atoms with Crippen molar-refractivity contribution in [3.05, 3.63) is 64.9 Å². The van der Waals surface area contributed by atoms with Gasteiger partial charge in [-0.3, -0.25) is 4.79 Å². The Balaban J connectivity index is 1.55. The average molecular weight is 356 g/mol. The fourth-order valence-corrected chi connectivity index (χ4v) is 3.27. The molecule has 0 bridgehead atoms. The van der Waals surface area contributed by atoms with E-state index in [0.29, 0.717) is 6.54 Å². The number of nitrogens with one attached hydrogen (secondary N) is 1. The first-order valence-electron chi connectivity index (χ1n) is 8.01. The van der Waals surface area contributed by atoms with Crippen LogP contribution >= 0.6 is 11.3 Å². The number of hydrogen-bond donors (Lipinski definition) is 1. The van der Waals surface area contributed by atoms with Crippen molar-refractivity contribution in [1.29, 1.82) is 0 Å². The van der Waals surface area contributed by atoms with Gasteiger partial charge >= 0.3 is 0 Å². The quantitative estimate of drug-likeness (QED) is 0.700. The normalized spacial score (nSPS) is 12.1. The minimum absolute atomic E-state index is 0.0783. The maximum Gasteiger partial charge on any atom is 0.226 e. The highest BCUT2D eigenvalue weighted by molar-refractivity contribution is 7.13. The van der Waals surface area contributed by atoms with Gasteiger partial charge in [0, 0.05) is 19.0 Å². The van der Waals surface area contributed by atoms with E-state index < -0.39 is 0 Å². The topological polar surface area (TPSA) is 64.4 Å². The summed E-state index contributed by atoms with van der Waals surface area (Å²) < 4.78 is 11.0.